The summed E-state index contributed by atoms with van der Waals surface area (Å²) in [4.78, 5) is 0. The molecule has 3 rings (SSSR count). The van der Waals surface area contributed by atoms with E-state index in [4.69, 9.17) is 17.0 Å². The third kappa shape index (κ3) is 3.95. The van der Waals surface area contributed by atoms with Crippen LogP contribution in [0.25, 0.3) is 0 Å². The van der Waals surface area contributed by atoms with Gasteiger partial charge >= 0.3 is 0 Å². The van der Waals surface area contributed by atoms with Crippen LogP contribution in [0, 0.1) is 10.6 Å². The van der Waals surface area contributed by atoms with Crippen LogP contribution in [0.4, 0.5) is 4.39 Å². The van der Waals surface area contributed by atoms with E-state index in [1.54, 1.807) is 23.1 Å². The second-order valence-corrected chi connectivity index (χ2v) is 5.28. The van der Waals surface area contributed by atoms with Crippen LogP contribution < -0.4 is 10.2 Å². The van der Waals surface area contributed by atoms with Gasteiger partial charge in [0.2, 0.25) is 4.77 Å². The van der Waals surface area contributed by atoms with Crippen molar-refractivity contribution in [2.24, 2.45) is 0 Å². The van der Waals surface area contributed by atoms with Crippen molar-refractivity contribution < 1.29 is 9.13 Å². The molecule has 0 aliphatic heterocycles. The lowest BCUT2D eigenvalue weighted by molar-refractivity contribution is 0.303. The van der Waals surface area contributed by atoms with Gasteiger partial charge < -0.3 is 10.2 Å². The molecule has 3 aromatic rings. The molecule has 2 aromatic carbocycles. The SMILES string of the molecule is Fc1ccc(COc2ccccc2CNn2cn[nH]c2=S)cc1. The van der Waals surface area contributed by atoms with Crippen LogP contribution in [-0.4, -0.2) is 14.9 Å². The summed E-state index contributed by atoms with van der Waals surface area (Å²) in [6, 6.07) is 14.0. The largest absolute Gasteiger partial charge is 0.489 e. The van der Waals surface area contributed by atoms with E-state index in [0.717, 1.165) is 16.9 Å². The minimum absolute atomic E-state index is 0.254. The number of H-pyrrole nitrogens is 1. The first-order valence-corrected chi connectivity index (χ1v) is 7.44. The molecule has 2 N–H and O–H groups in total. The molecule has 0 bridgehead atoms. The highest BCUT2D eigenvalue weighted by atomic mass is 32.1. The number of hydrogen-bond acceptors (Lipinski definition) is 4. The van der Waals surface area contributed by atoms with E-state index in [1.807, 2.05) is 24.3 Å². The van der Waals surface area contributed by atoms with Gasteiger partial charge in [-0.25, -0.2) is 9.07 Å². The quantitative estimate of drug-likeness (QED) is 0.680. The first-order chi connectivity index (χ1) is 11.2. The summed E-state index contributed by atoms with van der Waals surface area (Å²) >= 11 is 5.08. The second-order valence-electron chi connectivity index (χ2n) is 4.89. The van der Waals surface area contributed by atoms with Gasteiger partial charge in [0.25, 0.3) is 0 Å². The molecule has 1 heterocycles. The monoisotopic (exact) mass is 330 g/mol. The Labute approximate surface area is 137 Å². The summed E-state index contributed by atoms with van der Waals surface area (Å²) in [6.07, 6.45) is 1.57. The Balaban J connectivity index is 1.66. The van der Waals surface area contributed by atoms with Gasteiger partial charge in [0, 0.05) is 5.56 Å². The van der Waals surface area contributed by atoms with E-state index in [0.29, 0.717) is 17.9 Å². The van der Waals surface area contributed by atoms with Crippen LogP contribution in [0.15, 0.2) is 54.9 Å². The highest BCUT2D eigenvalue weighted by Crippen LogP contribution is 2.19. The molecule has 118 valence electrons. The molecule has 0 aliphatic rings. The maximum Gasteiger partial charge on any atom is 0.214 e. The highest BCUT2D eigenvalue weighted by molar-refractivity contribution is 7.71. The molecule has 0 aliphatic carbocycles. The van der Waals surface area contributed by atoms with E-state index in [2.05, 4.69) is 15.6 Å². The van der Waals surface area contributed by atoms with E-state index in [1.165, 1.54) is 12.1 Å². The van der Waals surface area contributed by atoms with E-state index in [-0.39, 0.29) is 5.82 Å². The topological polar surface area (TPSA) is 54.9 Å². The lowest BCUT2D eigenvalue weighted by atomic mass is 10.2. The lowest BCUT2D eigenvalue weighted by Gasteiger charge is -2.13. The lowest BCUT2D eigenvalue weighted by Crippen LogP contribution is -2.14. The molecule has 1 aromatic heterocycles. The molecule has 5 nitrogen and oxygen atoms in total. The summed E-state index contributed by atoms with van der Waals surface area (Å²) in [5.74, 6) is 0.509. The molecule has 7 heteroatoms. The minimum atomic E-state index is -0.254. The van der Waals surface area contributed by atoms with Crippen molar-refractivity contribution in [3.8, 4) is 5.75 Å². The van der Waals surface area contributed by atoms with Crippen molar-refractivity contribution in [2.75, 3.05) is 5.43 Å². The molecule has 0 saturated heterocycles. The number of aromatic amines is 1. The van der Waals surface area contributed by atoms with Crippen LogP contribution in [0.5, 0.6) is 5.75 Å². The number of halogens is 1. The van der Waals surface area contributed by atoms with Crippen molar-refractivity contribution in [3.63, 3.8) is 0 Å². The molecular weight excluding hydrogens is 315 g/mol. The predicted octanol–water partition coefficient (Wildman–Crippen LogP) is 3.40. The zero-order valence-electron chi connectivity index (χ0n) is 12.2. The van der Waals surface area contributed by atoms with Gasteiger partial charge in [0.05, 0.1) is 6.54 Å². The third-order valence-corrected chi connectivity index (χ3v) is 3.56. The van der Waals surface area contributed by atoms with Crippen molar-refractivity contribution in [3.05, 3.63) is 76.6 Å². The molecule has 23 heavy (non-hydrogen) atoms. The highest BCUT2D eigenvalue weighted by Gasteiger charge is 2.04. The first kappa shape index (κ1) is 15.2. The number of rotatable bonds is 6. The summed E-state index contributed by atoms with van der Waals surface area (Å²) in [7, 11) is 0. The van der Waals surface area contributed by atoms with E-state index < -0.39 is 0 Å². The summed E-state index contributed by atoms with van der Waals surface area (Å²) in [6.45, 7) is 0.913. The van der Waals surface area contributed by atoms with Crippen LogP contribution in [-0.2, 0) is 13.2 Å². The van der Waals surface area contributed by atoms with Crippen molar-refractivity contribution in [1.82, 2.24) is 14.9 Å². The normalized spacial score (nSPS) is 10.5. The van der Waals surface area contributed by atoms with Gasteiger partial charge in [0.15, 0.2) is 0 Å². The summed E-state index contributed by atoms with van der Waals surface area (Å²) in [5, 5.41) is 6.52. The fourth-order valence-electron chi connectivity index (χ4n) is 2.06. The van der Waals surface area contributed by atoms with Gasteiger partial charge in [-0.15, -0.1) is 0 Å². The molecule has 0 saturated carbocycles. The Kier molecular flexibility index (Phi) is 4.68. The number of nitrogens with one attached hydrogen (secondary N) is 2. The second kappa shape index (κ2) is 7.06. The molecule has 0 fully saturated rings. The fourth-order valence-corrected chi connectivity index (χ4v) is 2.23. The predicted molar refractivity (Wildman–Crippen MR) is 87.7 cm³/mol. The Morgan fingerprint density at radius 1 is 1.17 bits per heavy atom. The average molecular weight is 330 g/mol. The molecular formula is C16H15FN4OS. The van der Waals surface area contributed by atoms with Gasteiger partial charge in [-0.1, -0.05) is 30.3 Å². The number of para-hydroxylation sites is 1. The Morgan fingerprint density at radius 3 is 2.70 bits per heavy atom. The molecule has 0 amide bonds. The van der Waals surface area contributed by atoms with Gasteiger partial charge in [-0.3, -0.25) is 5.10 Å². The molecule has 0 unspecified atom stereocenters. The smallest absolute Gasteiger partial charge is 0.214 e. The van der Waals surface area contributed by atoms with E-state index >= 15 is 0 Å². The Bertz CT molecular complexity index is 828. The van der Waals surface area contributed by atoms with Gasteiger partial charge in [0.1, 0.15) is 24.5 Å². The van der Waals surface area contributed by atoms with Gasteiger partial charge in [-0.05, 0) is 36.0 Å². The van der Waals surface area contributed by atoms with Crippen molar-refractivity contribution in [1.29, 1.82) is 0 Å². The summed E-state index contributed by atoms with van der Waals surface area (Å²) < 4.78 is 20.9. The number of aromatic nitrogens is 3. The number of hydrogen-bond donors (Lipinski definition) is 2. The first-order valence-electron chi connectivity index (χ1n) is 7.03. The maximum absolute atomic E-state index is 12.9. The van der Waals surface area contributed by atoms with E-state index in [9.17, 15) is 4.39 Å². The fraction of sp³-hybridized carbons (Fsp3) is 0.125. The summed E-state index contributed by atoms with van der Waals surface area (Å²) in [5.41, 5.74) is 5.04. The third-order valence-electron chi connectivity index (χ3n) is 3.27. The zero-order chi connectivity index (χ0) is 16.1. The number of benzene rings is 2. The average Bonchev–Trinajstić information content (AvgIpc) is 2.98. The zero-order valence-corrected chi connectivity index (χ0v) is 13.0. The van der Waals surface area contributed by atoms with Crippen LogP contribution in [0.3, 0.4) is 0 Å². The van der Waals surface area contributed by atoms with Gasteiger partial charge in [-0.2, -0.15) is 5.10 Å². The Morgan fingerprint density at radius 2 is 1.96 bits per heavy atom. The molecule has 0 atom stereocenters. The number of nitrogens with zero attached hydrogens (tertiary/aromatic N) is 2. The minimum Gasteiger partial charge on any atom is -0.489 e. The van der Waals surface area contributed by atoms with Crippen LogP contribution in [0.1, 0.15) is 11.1 Å². The maximum atomic E-state index is 12.9. The van der Waals surface area contributed by atoms with Crippen LogP contribution >= 0.6 is 12.2 Å². The standard InChI is InChI=1S/C16H15FN4OS/c17-14-7-5-12(6-8-14)10-22-15-4-2-1-3-13(15)9-19-21-11-18-20-16(21)23/h1-8,11,19H,9-10H2,(H,20,23). The van der Waals surface area contributed by atoms with Crippen molar-refractivity contribution in [2.45, 2.75) is 13.2 Å². The van der Waals surface area contributed by atoms with Crippen LogP contribution in [0.2, 0.25) is 0 Å². The number of ether oxygens (including phenoxy) is 1. The van der Waals surface area contributed by atoms with Crippen molar-refractivity contribution >= 4 is 12.2 Å². The molecule has 0 radical (unpaired) electrons. The molecule has 0 spiro atoms. The Hall–Kier alpha value is -2.67.